The van der Waals surface area contributed by atoms with Gasteiger partial charge in [0.2, 0.25) is 5.91 Å². The summed E-state index contributed by atoms with van der Waals surface area (Å²) in [6.07, 6.45) is -3.52. The Bertz CT molecular complexity index is 960. The largest absolute Gasteiger partial charge is 0.573 e. The van der Waals surface area contributed by atoms with Crippen LogP contribution in [0.25, 0.3) is 0 Å². The number of sulfonamides is 1. The topological polar surface area (TPSA) is 106 Å². The number of hydrogen-bond donors (Lipinski definition) is 1. The van der Waals surface area contributed by atoms with Gasteiger partial charge in [-0.1, -0.05) is 6.07 Å². The van der Waals surface area contributed by atoms with Crippen LogP contribution in [0.1, 0.15) is 6.42 Å². The summed E-state index contributed by atoms with van der Waals surface area (Å²) in [7, 11) is -2.65. The number of benzene rings is 1. The van der Waals surface area contributed by atoms with Crippen molar-refractivity contribution in [3.05, 3.63) is 30.6 Å². The lowest BCUT2D eigenvalue weighted by Crippen LogP contribution is -2.42. The van der Waals surface area contributed by atoms with Gasteiger partial charge in [-0.3, -0.25) is 4.79 Å². The minimum atomic E-state index is -4.86. The number of aryl methyl sites for hydroxylation is 1. The van der Waals surface area contributed by atoms with E-state index in [4.69, 9.17) is 0 Å². The summed E-state index contributed by atoms with van der Waals surface area (Å²) in [5, 5.41) is 6.62. The zero-order valence-corrected chi connectivity index (χ0v) is 14.7. The van der Waals surface area contributed by atoms with Gasteiger partial charge in [0.05, 0.1) is 0 Å². The van der Waals surface area contributed by atoms with E-state index in [1.807, 2.05) is 0 Å². The van der Waals surface area contributed by atoms with Gasteiger partial charge in [-0.05, 0) is 18.6 Å². The summed E-state index contributed by atoms with van der Waals surface area (Å²) < 4.78 is 69.0. The molecule has 1 aromatic heterocycles. The second-order valence-corrected chi connectivity index (χ2v) is 7.33. The predicted molar refractivity (Wildman–Crippen MR) is 85.2 cm³/mol. The minimum Gasteiger partial charge on any atom is -0.406 e. The lowest BCUT2D eigenvalue weighted by Gasteiger charge is -2.18. The van der Waals surface area contributed by atoms with E-state index in [9.17, 15) is 26.4 Å². The quantitative estimate of drug-likeness (QED) is 0.789. The van der Waals surface area contributed by atoms with Crippen molar-refractivity contribution >= 4 is 21.6 Å². The average molecular weight is 405 g/mol. The summed E-state index contributed by atoms with van der Waals surface area (Å²) in [6, 6.07) is 3.83. The van der Waals surface area contributed by atoms with E-state index < -0.39 is 34.1 Å². The molecule has 27 heavy (non-hydrogen) atoms. The molecule has 1 aliphatic heterocycles. The minimum absolute atomic E-state index is 0.125. The van der Waals surface area contributed by atoms with Crippen LogP contribution in [0.15, 0.2) is 35.7 Å². The van der Waals surface area contributed by atoms with Crippen molar-refractivity contribution in [3.63, 3.8) is 0 Å². The highest BCUT2D eigenvalue weighted by molar-refractivity contribution is 7.89. The molecule has 1 aromatic carbocycles. The Labute approximate surface area is 151 Å². The molecule has 13 heteroatoms. The fourth-order valence-electron chi connectivity index (χ4n) is 2.65. The zero-order chi connectivity index (χ0) is 19.8. The van der Waals surface area contributed by atoms with Gasteiger partial charge in [-0.15, -0.1) is 23.4 Å². The van der Waals surface area contributed by atoms with E-state index in [0.717, 1.165) is 12.1 Å². The lowest BCUT2D eigenvalue weighted by molar-refractivity contribution is -0.274. The average Bonchev–Trinajstić information content (AvgIpc) is 3.13. The molecular formula is C14H14F3N5O4S. The Hall–Kier alpha value is -2.67. The number of aromatic nitrogens is 3. The number of nitrogens with zero attached hydrogens (tertiary/aromatic N) is 4. The number of nitrogens with one attached hydrogen (secondary N) is 1. The van der Waals surface area contributed by atoms with Gasteiger partial charge >= 0.3 is 6.36 Å². The van der Waals surface area contributed by atoms with Crippen LogP contribution < -0.4 is 14.4 Å². The van der Waals surface area contributed by atoms with Crippen LogP contribution in [-0.2, 0) is 21.9 Å². The number of rotatable bonds is 5. The molecule has 0 saturated carbocycles. The lowest BCUT2D eigenvalue weighted by atomic mass is 10.2. The number of alkyl halides is 3. The van der Waals surface area contributed by atoms with Crippen LogP contribution >= 0.6 is 0 Å². The maximum absolute atomic E-state index is 12.5. The van der Waals surface area contributed by atoms with Crippen molar-refractivity contribution in [2.75, 3.05) is 11.4 Å². The number of carbonyl (C=O) groups is 1. The molecule has 9 nitrogen and oxygen atoms in total. The monoisotopic (exact) mass is 405 g/mol. The maximum Gasteiger partial charge on any atom is 0.573 e. The van der Waals surface area contributed by atoms with Crippen molar-refractivity contribution in [1.29, 1.82) is 0 Å². The molecule has 3 rings (SSSR count). The van der Waals surface area contributed by atoms with Crippen LogP contribution in [0.3, 0.4) is 0 Å². The van der Waals surface area contributed by atoms with Gasteiger partial charge in [0, 0.05) is 25.3 Å². The number of amides is 1. The van der Waals surface area contributed by atoms with Crippen molar-refractivity contribution in [2.45, 2.75) is 24.0 Å². The summed E-state index contributed by atoms with van der Waals surface area (Å²) in [4.78, 5) is 13.7. The van der Waals surface area contributed by atoms with Gasteiger partial charge in [0.15, 0.2) is 0 Å². The highest BCUT2D eigenvalue weighted by Gasteiger charge is 2.37. The van der Waals surface area contributed by atoms with E-state index >= 15 is 0 Å². The van der Waals surface area contributed by atoms with E-state index in [1.165, 1.54) is 35.0 Å². The first-order valence-corrected chi connectivity index (χ1v) is 9.09. The normalized spacial score (nSPS) is 18.1. The molecule has 0 spiro atoms. The molecule has 0 bridgehead atoms. The third kappa shape index (κ3) is 4.19. The summed E-state index contributed by atoms with van der Waals surface area (Å²) in [6.45, 7) is 0.125. The Kier molecular flexibility index (Phi) is 4.82. The molecule has 1 amide bonds. The fourth-order valence-corrected chi connectivity index (χ4v) is 3.93. The number of carbonyl (C=O) groups excluding carboxylic acids is 1. The third-order valence-corrected chi connectivity index (χ3v) is 5.22. The first-order valence-electron chi connectivity index (χ1n) is 7.60. The third-order valence-electron chi connectivity index (χ3n) is 3.78. The molecule has 1 fully saturated rings. The summed E-state index contributed by atoms with van der Waals surface area (Å²) in [5.41, 5.74) is 0.169. The first kappa shape index (κ1) is 19.1. The van der Waals surface area contributed by atoms with Gasteiger partial charge in [0.25, 0.3) is 15.2 Å². The number of halogens is 3. The molecule has 2 heterocycles. The van der Waals surface area contributed by atoms with Crippen LogP contribution in [0, 0.1) is 0 Å². The molecule has 1 saturated heterocycles. The summed E-state index contributed by atoms with van der Waals surface area (Å²) >= 11 is 0. The molecule has 146 valence electrons. The molecule has 1 atom stereocenters. The second-order valence-electron chi connectivity index (χ2n) is 5.72. The van der Waals surface area contributed by atoms with Gasteiger partial charge in [0.1, 0.15) is 18.1 Å². The standard InChI is InChI=1S/C14H14F3N5O4S/c1-21-8-18-19-13(21)27(24,25)20-11-5-6-22(12(11)23)9-3-2-4-10(7-9)26-14(15,16)17/h2-4,7-8,11,20H,5-6H2,1H3. The Morgan fingerprint density at radius 3 is 2.70 bits per heavy atom. The Morgan fingerprint density at radius 2 is 2.07 bits per heavy atom. The van der Waals surface area contributed by atoms with Crippen LogP contribution in [0.2, 0.25) is 0 Å². The van der Waals surface area contributed by atoms with Crippen molar-refractivity contribution in [2.24, 2.45) is 7.05 Å². The number of ether oxygens (including phenoxy) is 1. The molecule has 1 N–H and O–H groups in total. The maximum atomic E-state index is 12.5. The molecular weight excluding hydrogens is 391 g/mol. The smallest absolute Gasteiger partial charge is 0.406 e. The zero-order valence-electron chi connectivity index (χ0n) is 13.8. The van der Waals surface area contributed by atoms with Crippen LogP contribution in [0.4, 0.5) is 18.9 Å². The molecule has 0 aliphatic carbocycles. The van der Waals surface area contributed by atoms with Crippen LogP contribution in [0.5, 0.6) is 5.75 Å². The van der Waals surface area contributed by atoms with Crippen LogP contribution in [-0.4, -0.2) is 48.0 Å². The van der Waals surface area contributed by atoms with Crippen molar-refractivity contribution < 1.29 is 31.1 Å². The highest BCUT2D eigenvalue weighted by Crippen LogP contribution is 2.29. The molecule has 2 aromatic rings. The van der Waals surface area contributed by atoms with Crippen molar-refractivity contribution in [1.82, 2.24) is 19.5 Å². The van der Waals surface area contributed by atoms with Crippen molar-refractivity contribution in [3.8, 4) is 5.75 Å². The Morgan fingerprint density at radius 1 is 1.33 bits per heavy atom. The van der Waals surface area contributed by atoms with Gasteiger partial charge < -0.3 is 14.2 Å². The predicted octanol–water partition coefficient (Wildman–Crippen LogP) is 0.798. The van der Waals surface area contributed by atoms with E-state index in [0.29, 0.717) is 0 Å². The second kappa shape index (κ2) is 6.81. The number of hydrogen-bond acceptors (Lipinski definition) is 6. The van der Waals surface area contributed by atoms with E-state index in [-0.39, 0.29) is 23.8 Å². The Balaban J connectivity index is 1.76. The number of anilines is 1. The fraction of sp³-hybridized carbons (Fsp3) is 0.357. The van der Waals surface area contributed by atoms with E-state index in [1.54, 1.807) is 0 Å². The highest BCUT2D eigenvalue weighted by atomic mass is 32.2. The van der Waals surface area contributed by atoms with Gasteiger partial charge in [-0.25, -0.2) is 8.42 Å². The van der Waals surface area contributed by atoms with E-state index in [2.05, 4.69) is 19.7 Å². The molecule has 0 radical (unpaired) electrons. The molecule has 1 aliphatic rings. The van der Waals surface area contributed by atoms with Gasteiger partial charge in [-0.2, -0.15) is 4.72 Å². The molecule has 1 unspecified atom stereocenters. The summed E-state index contributed by atoms with van der Waals surface area (Å²) in [5.74, 6) is -1.07. The first-order chi connectivity index (χ1) is 12.6. The SMILES string of the molecule is Cn1cnnc1S(=O)(=O)NC1CCN(c2cccc(OC(F)(F)F)c2)C1=O.